The minimum atomic E-state index is -0.398. The van der Waals surface area contributed by atoms with Crippen molar-refractivity contribution in [3.05, 3.63) is 47.8 Å². The second-order valence-electron chi connectivity index (χ2n) is 5.05. The van der Waals surface area contributed by atoms with Crippen LogP contribution in [0.4, 0.5) is 4.39 Å². The summed E-state index contributed by atoms with van der Waals surface area (Å²) >= 11 is 0. The van der Waals surface area contributed by atoms with Crippen molar-refractivity contribution in [1.29, 1.82) is 0 Å². The lowest BCUT2D eigenvalue weighted by Gasteiger charge is -2.10. The maximum Gasteiger partial charge on any atom is 0.252 e. The number of carbonyl (C=O) groups is 2. The number of benzene rings is 2. The van der Waals surface area contributed by atoms with Crippen molar-refractivity contribution in [2.45, 2.75) is 19.9 Å². The van der Waals surface area contributed by atoms with Gasteiger partial charge in [-0.25, -0.2) is 4.39 Å². The van der Waals surface area contributed by atoms with E-state index in [1.807, 2.05) is 13.8 Å². The van der Waals surface area contributed by atoms with E-state index in [1.54, 1.807) is 24.3 Å². The smallest absolute Gasteiger partial charge is 0.252 e. The van der Waals surface area contributed by atoms with E-state index >= 15 is 0 Å². The van der Waals surface area contributed by atoms with Crippen molar-refractivity contribution >= 4 is 22.6 Å². The normalized spacial score (nSPS) is 10.7. The predicted octanol–water partition coefficient (Wildman–Crippen LogP) is 2.23. The van der Waals surface area contributed by atoms with Crippen LogP contribution in [0, 0.1) is 5.82 Å². The molecule has 0 aromatic heterocycles. The molecule has 0 bridgehead atoms. The fourth-order valence-corrected chi connectivity index (χ4v) is 2.09. The average molecular weight is 288 g/mol. The van der Waals surface area contributed by atoms with Gasteiger partial charge in [0.1, 0.15) is 5.82 Å². The van der Waals surface area contributed by atoms with Crippen LogP contribution in [0.15, 0.2) is 36.4 Å². The first kappa shape index (κ1) is 15.0. The second kappa shape index (κ2) is 6.35. The van der Waals surface area contributed by atoms with Crippen LogP contribution in [0.3, 0.4) is 0 Å². The summed E-state index contributed by atoms with van der Waals surface area (Å²) in [5.41, 5.74) is 0.351. The molecule has 0 saturated heterocycles. The van der Waals surface area contributed by atoms with E-state index in [1.165, 1.54) is 12.1 Å². The lowest BCUT2D eigenvalue weighted by atomic mass is 10.0. The van der Waals surface area contributed by atoms with Gasteiger partial charge in [-0.3, -0.25) is 9.59 Å². The third-order valence-electron chi connectivity index (χ3n) is 2.97. The van der Waals surface area contributed by atoms with Crippen molar-refractivity contribution in [1.82, 2.24) is 10.6 Å². The third-order valence-corrected chi connectivity index (χ3v) is 2.97. The molecule has 0 heterocycles. The summed E-state index contributed by atoms with van der Waals surface area (Å²) in [6.07, 6.45) is 0. The minimum Gasteiger partial charge on any atom is -0.352 e. The minimum absolute atomic E-state index is 0.0149. The molecule has 0 saturated carbocycles. The number of nitrogens with one attached hydrogen (secondary N) is 2. The van der Waals surface area contributed by atoms with Crippen LogP contribution in [0.1, 0.15) is 24.2 Å². The Morgan fingerprint density at radius 1 is 1.10 bits per heavy atom. The van der Waals surface area contributed by atoms with Gasteiger partial charge in [-0.05, 0) is 31.4 Å². The molecule has 0 aliphatic carbocycles. The summed E-state index contributed by atoms with van der Waals surface area (Å²) in [6.45, 7) is 3.57. The molecular formula is C16H17FN2O2. The highest BCUT2D eigenvalue weighted by molar-refractivity contribution is 6.07. The summed E-state index contributed by atoms with van der Waals surface area (Å²) in [5, 5.41) is 6.14. The molecule has 4 nitrogen and oxygen atoms in total. The Kier molecular flexibility index (Phi) is 4.52. The molecule has 0 unspecified atom stereocenters. The van der Waals surface area contributed by atoms with Crippen molar-refractivity contribution in [2.75, 3.05) is 6.54 Å². The Bertz CT molecular complexity index is 683. The molecule has 2 rings (SSSR count). The van der Waals surface area contributed by atoms with E-state index < -0.39 is 5.91 Å². The van der Waals surface area contributed by atoms with Gasteiger partial charge in [0.05, 0.1) is 6.54 Å². The monoisotopic (exact) mass is 288 g/mol. The van der Waals surface area contributed by atoms with Crippen LogP contribution in [0.25, 0.3) is 10.8 Å². The summed E-state index contributed by atoms with van der Waals surface area (Å²) in [5.74, 6) is -1.03. The SMILES string of the molecule is CC(C)NC(=O)CNC(=O)c1ccc(F)c2ccccc12. The largest absolute Gasteiger partial charge is 0.352 e. The lowest BCUT2D eigenvalue weighted by Crippen LogP contribution is -2.39. The van der Waals surface area contributed by atoms with Crippen molar-refractivity contribution < 1.29 is 14.0 Å². The molecule has 2 N–H and O–H groups in total. The Hall–Kier alpha value is -2.43. The van der Waals surface area contributed by atoms with E-state index in [4.69, 9.17) is 0 Å². The van der Waals surface area contributed by atoms with Gasteiger partial charge in [0.25, 0.3) is 5.91 Å². The molecule has 0 fully saturated rings. The van der Waals surface area contributed by atoms with E-state index in [-0.39, 0.29) is 24.3 Å². The number of amides is 2. The van der Waals surface area contributed by atoms with Gasteiger partial charge in [0.15, 0.2) is 0 Å². The fourth-order valence-electron chi connectivity index (χ4n) is 2.09. The highest BCUT2D eigenvalue weighted by Gasteiger charge is 2.13. The average Bonchev–Trinajstić information content (AvgIpc) is 2.45. The molecule has 2 aromatic carbocycles. The third kappa shape index (κ3) is 3.56. The molecule has 5 heteroatoms. The van der Waals surface area contributed by atoms with E-state index in [0.29, 0.717) is 16.3 Å². The highest BCUT2D eigenvalue weighted by atomic mass is 19.1. The summed E-state index contributed by atoms with van der Waals surface area (Å²) in [6, 6.07) is 9.45. The Labute approximate surface area is 122 Å². The molecule has 110 valence electrons. The molecule has 0 atom stereocenters. The molecule has 0 radical (unpaired) electrons. The summed E-state index contributed by atoms with van der Waals surface area (Å²) < 4.78 is 13.7. The molecule has 2 aromatic rings. The zero-order chi connectivity index (χ0) is 15.4. The van der Waals surface area contributed by atoms with Gasteiger partial charge >= 0.3 is 0 Å². The first-order valence-corrected chi connectivity index (χ1v) is 6.74. The van der Waals surface area contributed by atoms with Gasteiger partial charge in [-0.2, -0.15) is 0 Å². The lowest BCUT2D eigenvalue weighted by molar-refractivity contribution is -0.120. The quantitative estimate of drug-likeness (QED) is 0.906. The van der Waals surface area contributed by atoms with Crippen LogP contribution in [-0.4, -0.2) is 24.4 Å². The number of carbonyl (C=O) groups excluding carboxylic acids is 2. The molecule has 21 heavy (non-hydrogen) atoms. The first-order valence-electron chi connectivity index (χ1n) is 6.74. The molecule has 2 amide bonds. The highest BCUT2D eigenvalue weighted by Crippen LogP contribution is 2.21. The maximum atomic E-state index is 13.7. The Balaban J connectivity index is 2.17. The summed E-state index contributed by atoms with van der Waals surface area (Å²) in [7, 11) is 0. The zero-order valence-corrected chi connectivity index (χ0v) is 11.9. The van der Waals surface area contributed by atoms with Gasteiger partial charge in [0, 0.05) is 17.0 Å². The topological polar surface area (TPSA) is 58.2 Å². The van der Waals surface area contributed by atoms with Crippen molar-refractivity contribution in [3.8, 4) is 0 Å². The van der Waals surface area contributed by atoms with Crippen molar-refractivity contribution in [3.63, 3.8) is 0 Å². The predicted molar refractivity (Wildman–Crippen MR) is 79.5 cm³/mol. The van der Waals surface area contributed by atoms with Gasteiger partial charge in [-0.1, -0.05) is 24.3 Å². The van der Waals surface area contributed by atoms with Crippen LogP contribution in [0.2, 0.25) is 0 Å². The fraction of sp³-hybridized carbons (Fsp3) is 0.250. The first-order chi connectivity index (χ1) is 9.99. The van der Waals surface area contributed by atoms with Crippen LogP contribution >= 0.6 is 0 Å². The molecule has 0 aliphatic rings. The van der Waals surface area contributed by atoms with E-state index in [2.05, 4.69) is 10.6 Å². The van der Waals surface area contributed by atoms with Crippen molar-refractivity contribution in [2.24, 2.45) is 0 Å². The zero-order valence-electron chi connectivity index (χ0n) is 11.9. The second-order valence-corrected chi connectivity index (χ2v) is 5.05. The Morgan fingerprint density at radius 3 is 2.43 bits per heavy atom. The number of hydrogen-bond donors (Lipinski definition) is 2. The van der Waals surface area contributed by atoms with E-state index in [0.717, 1.165) is 0 Å². The van der Waals surface area contributed by atoms with E-state index in [9.17, 15) is 14.0 Å². The molecule has 0 aliphatic heterocycles. The molecule has 0 spiro atoms. The maximum absolute atomic E-state index is 13.7. The number of rotatable bonds is 4. The number of hydrogen-bond acceptors (Lipinski definition) is 2. The van der Waals surface area contributed by atoms with Gasteiger partial charge in [0.2, 0.25) is 5.91 Å². The van der Waals surface area contributed by atoms with Gasteiger partial charge in [-0.15, -0.1) is 0 Å². The van der Waals surface area contributed by atoms with Crippen LogP contribution in [0.5, 0.6) is 0 Å². The molecular weight excluding hydrogens is 271 g/mol. The van der Waals surface area contributed by atoms with Gasteiger partial charge < -0.3 is 10.6 Å². The standard InChI is InChI=1S/C16H17FN2O2/c1-10(2)19-15(20)9-18-16(21)13-7-8-14(17)12-6-4-3-5-11(12)13/h3-8,10H,9H2,1-2H3,(H,18,21)(H,19,20). The Morgan fingerprint density at radius 2 is 1.76 bits per heavy atom. The van der Waals surface area contributed by atoms with Crippen LogP contribution < -0.4 is 10.6 Å². The summed E-state index contributed by atoms with van der Waals surface area (Å²) in [4.78, 5) is 23.7. The van der Waals surface area contributed by atoms with Crippen LogP contribution in [-0.2, 0) is 4.79 Å². The number of halogens is 1. The number of fused-ring (bicyclic) bond motifs is 1.